The second-order valence-electron chi connectivity index (χ2n) is 10.0. The van der Waals surface area contributed by atoms with Gasteiger partial charge in [-0.3, -0.25) is 4.79 Å². The van der Waals surface area contributed by atoms with Crippen molar-refractivity contribution >= 4 is 29.2 Å². The molecule has 1 N–H and O–H groups in total. The van der Waals surface area contributed by atoms with Gasteiger partial charge in [0.1, 0.15) is 24.0 Å². The Balaban J connectivity index is 1.41. The van der Waals surface area contributed by atoms with Crippen LogP contribution in [0.3, 0.4) is 0 Å². The third-order valence-electron chi connectivity index (χ3n) is 6.38. The van der Waals surface area contributed by atoms with Crippen LogP contribution in [0.4, 0.5) is 16.2 Å². The van der Waals surface area contributed by atoms with Crippen LogP contribution in [-0.2, 0) is 16.0 Å². The first-order valence-electron chi connectivity index (χ1n) is 10.8. The summed E-state index contributed by atoms with van der Waals surface area (Å²) in [7, 11) is 0. The van der Waals surface area contributed by atoms with E-state index in [9.17, 15) is 9.59 Å². The topological polar surface area (TPSA) is 86.7 Å². The first-order chi connectivity index (χ1) is 14.6. The molecule has 31 heavy (non-hydrogen) atoms. The molecule has 9 heteroatoms. The lowest BCUT2D eigenvalue weighted by Crippen LogP contribution is -2.70. The monoisotopic (exact) mass is 427 g/mol. The number of hydrogen-bond donors (Lipinski definition) is 1. The quantitative estimate of drug-likeness (QED) is 0.739. The molecular weight excluding hydrogens is 398 g/mol. The highest BCUT2D eigenvalue weighted by Crippen LogP contribution is 2.45. The van der Waals surface area contributed by atoms with Gasteiger partial charge in [-0.15, -0.1) is 0 Å². The number of hydrazone groups is 1. The van der Waals surface area contributed by atoms with Crippen LogP contribution in [-0.4, -0.2) is 66.2 Å². The Morgan fingerprint density at radius 2 is 2.03 bits per heavy atom. The van der Waals surface area contributed by atoms with E-state index in [0.717, 1.165) is 30.1 Å². The molecular formula is C22H29N5O4. The van der Waals surface area contributed by atoms with Crippen LogP contribution in [0.1, 0.15) is 40.2 Å². The van der Waals surface area contributed by atoms with Crippen molar-refractivity contribution in [2.45, 2.75) is 58.2 Å². The molecule has 1 unspecified atom stereocenters. The summed E-state index contributed by atoms with van der Waals surface area (Å²) in [4.78, 5) is 30.7. The molecule has 4 aliphatic rings. The van der Waals surface area contributed by atoms with Crippen molar-refractivity contribution in [3.63, 3.8) is 0 Å². The maximum atomic E-state index is 12.4. The molecule has 0 bridgehead atoms. The molecule has 9 nitrogen and oxygen atoms in total. The number of rotatable bonds is 1. The predicted molar refractivity (Wildman–Crippen MR) is 117 cm³/mol. The third kappa shape index (κ3) is 3.18. The summed E-state index contributed by atoms with van der Waals surface area (Å²) in [5, 5.41) is 4.18. The highest BCUT2D eigenvalue weighted by Gasteiger charge is 2.49. The van der Waals surface area contributed by atoms with Gasteiger partial charge in [-0.1, -0.05) is 0 Å². The third-order valence-corrected chi connectivity index (χ3v) is 6.38. The van der Waals surface area contributed by atoms with Gasteiger partial charge in [0.2, 0.25) is 0 Å². The van der Waals surface area contributed by atoms with E-state index < -0.39 is 5.60 Å². The summed E-state index contributed by atoms with van der Waals surface area (Å²) >= 11 is 0. The van der Waals surface area contributed by atoms with Crippen LogP contribution < -0.4 is 20.0 Å². The van der Waals surface area contributed by atoms with E-state index in [1.54, 1.807) is 4.90 Å². The van der Waals surface area contributed by atoms with Gasteiger partial charge in [-0.05, 0) is 58.7 Å². The number of fused-ring (bicyclic) bond motifs is 4. The zero-order valence-electron chi connectivity index (χ0n) is 18.7. The second kappa shape index (κ2) is 6.51. The first-order valence-corrected chi connectivity index (χ1v) is 10.8. The van der Waals surface area contributed by atoms with Gasteiger partial charge in [0.25, 0.3) is 5.91 Å². The highest BCUT2D eigenvalue weighted by molar-refractivity contribution is 6.09. The van der Waals surface area contributed by atoms with Gasteiger partial charge in [0, 0.05) is 25.3 Å². The van der Waals surface area contributed by atoms with Crippen LogP contribution in [0.5, 0.6) is 5.75 Å². The van der Waals surface area contributed by atoms with Crippen LogP contribution >= 0.6 is 0 Å². The molecule has 0 spiro atoms. The van der Waals surface area contributed by atoms with Crippen molar-refractivity contribution in [2.75, 3.05) is 36.0 Å². The number of nitrogens with one attached hydrogen (secondary N) is 1. The molecule has 4 aliphatic heterocycles. The fraction of sp³-hybridized carbons (Fsp3) is 0.591. The molecule has 1 atom stereocenters. The summed E-state index contributed by atoms with van der Waals surface area (Å²) < 4.78 is 11.5. The molecule has 0 aromatic heterocycles. The summed E-state index contributed by atoms with van der Waals surface area (Å²) in [6, 6.07) is 3.85. The molecule has 4 heterocycles. The van der Waals surface area contributed by atoms with Crippen LogP contribution in [0, 0.1) is 0 Å². The Labute approximate surface area is 181 Å². The molecule has 1 aromatic rings. The van der Waals surface area contributed by atoms with Crippen molar-refractivity contribution in [1.29, 1.82) is 0 Å². The minimum atomic E-state index is -0.501. The Bertz CT molecular complexity index is 992. The second-order valence-corrected chi connectivity index (χ2v) is 10.0. The molecule has 5 rings (SSSR count). The maximum Gasteiger partial charge on any atom is 0.410 e. The average molecular weight is 428 g/mol. The Hall–Kier alpha value is -2.97. The zero-order chi connectivity index (χ0) is 22.1. The lowest BCUT2D eigenvalue weighted by atomic mass is 9.90. The van der Waals surface area contributed by atoms with Crippen molar-refractivity contribution < 1.29 is 19.1 Å². The standard InChI is InChI=1S/C22H29N5O4/c1-13-19(28)24-23-18-10-30-17-8-14-6-7-26(15(14)9-16(17)27(13)18)22(5)11-25(12-22)20(29)31-21(2,3)4/h8-9,13H,6-7,10-12H2,1-5H3,(H,24,28). The van der Waals surface area contributed by atoms with Gasteiger partial charge in [0.15, 0.2) is 5.84 Å². The highest BCUT2D eigenvalue weighted by atomic mass is 16.6. The van der Waals surface area contributed by atoms with Crippen LogP contribution in [0.25, 0.3) is 0 Å². The van der Waals surface area contributed by atoms with E-state index in [1.165, 1.54) is 5.56 Å². The van der Waals surface area contributed by atoms with Crippen LogP contribution in [0.2, 0.25) is 0 Å². The normalized spacial score (nSPS) is 23.6. The summed E-state index contributed by atoms with van der Waals surface area (Å²) in [5.41, 5.74) is 5.13. The number of amides is 2. The van der Waals surface area contributed by atoms with Crippen molar-refractivity contribution in [3.05, 3.63) is 17.7 Å². The van der Waals surface area contributed by atoms with E-state index in [1.807, 2.05) is 32.6 Å². The van der Waals surface area contributed by atoms with Crippen molar-refractivity contribution in [1.82, 2.24) is 10.3 Å². The Morgan fingerprint density at radius 3 is 2.74 bits per heavy atom. The maximum absolute atomic E-state index is 12.4. The molecule has 2 amide bonds. The SMILES string of the molecule is CC1C(=O)NN=C2COc3cc4c(cc3N21)N(C1(C)CN(C(=O)OC(C)(C)C)C1)CC4. The molecule has 1 saturated heterocycles. The van der Waals surface area contributed by atoms with E-state index in [0.29, 0.717) is 25.5 Å². The fourth-order valence-corrected chi connectivity index (χ4v) is 4.87. The predicted octanol–water partition coefficient (Wildman–Crippen LogP) is 2.09. The number of likely N-dealkylation sites (tertiary alicyclic amines) is 1. The van der Waals surface area contributed by atoms with E-state index in [4.69, 9.17) is 9.47 Å². The molecule has 0 radical (unpaired) electrons. The largest absolute Gasteiger partial charge is 0.483 e. The number of carbonyl (C=O) groups is 2. The van der Waals surface area contributed by atoms with Gasteiger partial charge < -0.3 is 24.2 Å². The molecule has 166 valence electrons. The molecule has 1 fully saturated rings. The first kappa shape index (κ1) is 20.0. The van der Waals surface area contributed by atoms with Gasteiger partial charge in [-0.25, -0.2) is 10.2 Å². The fourth-order valence-electron chi connectivity index (χ4n) is 4.87. The Kier molecular flexibility index (Phi) is 4.19. The van der Waals surface area contributed by atoms with Crippen molar-refractivity contribution in [3.8, 4) is 5.75 Å². The minimum absolute atomic E-state index is 0.132. The summed E-state index contributed by atoms with van der Waals surface area (Å²) in [6.45, 7) is 12.1. The van der Waals surface area contributed by atoms with Crippen LogP contribution in [0.15, 0.2) is 17.2 Å². The number of hydrogen-bond acceptors (Lipinski definition) is 7. The van der Waals surface area contributed by atoms with Crippen molar-refractivity contribution in [2.24, 2.45) is 5.10 Å². The smallest absolute Gasteiger partial charge is 0.410 e. The average Bonchev–Trinajstić information content (AvgIpc) is 3.08. The Morgan fingerprint density at radius 1 is 1.29 bits per heavy atom. The van der Waals surface area contributed by atoms with Gasteiger partial charge in [0.05, 0.1) is 11.2 Å². The summed E-state index contributed by atoms with van der Waals surface area (Å²) in [6.07, 6.45) is 0.655. The lowest BCUT2D eigenvalue weighted by Gasteiger charge is -2.53. The number of carbonyl (C=O) groups excluding carboxylic acids is 2. The van der Waals surface area contributed by atoms with Gasteiger partial charge >= 0.3 is 6.09 Å². The van der Waals surface area contributed by atoms with E-state index in [-0.39, 0.29) is 23.6 Å². The lowest BCUT2D eigenvalue weighted by molar-refractivity contribution is -0.122. The van der Waals surface area contributed by atoms with E-state index in [2.05, 4.69) is 34.5 Å². The number of ether oxygens (including phenoxy) is 2. The van der Waals surface area contributed by atoms with E-state index >= 15 is 0 Å². The molecule has 0 aliphatic carbocycles. The number of amidine groups is 1. The number of nitrogens with zero attached hydrogens (tertiary/aromatic N) is 4. The van der Waals surface area contributed by atoms with Gasteiger partial charge in [-0.2, -0.15) is 5.10 Å². The summed E-state index contributed by atoms with van der Waals surface area (Å²) in [5.74, 6) is 1.36. The zero-order valence-corrected chi connectivity index (χ0v) is 18.7. The minimum Gasteiger partial charge on any atom is -0.483 e. The molecule has 0 saturated carbocycles. The number of benzene rings is 1. The molecule has 1 aromatic carbocycles. The number of anilines is 2.